The molecule has 0 atom stereocenters. The Morgan fingerprint density at radius 2 is 2.36 bits per heavy atom. The number of nitro groups is 1. The highest BCUT2D eigenvalue weighted by Gasteiger charge is 2.18. The van der Waals surface area contributed by atoms with E-state index in [4.69, 9.17) is 4.42 Å². The molecule has 0 aliphatic rings. The molecule has 0 unspecified atom stereocenters. The van der Waals surface area contributed by atoms with Gasteiger partial charge in [-0.25, -0.2) is 0 Å². The van der Waals surface area contributed by atoms with Gasteiger partial charge in [-0.15, -0.1) is 11.3 Å². The first kappa shape index (κ1) is 9.66. The quantitative estimate of drug-likeness (QED) is 0.483. The van der Waals surface area contributed by atoms with E-state index in [0.717, 1.165) is 10.4 Å². The third kappa shape index (κ3) is 1.67. The second kappa shape index (κ2) is 3.70. The Labute approximate surface area is 96.8 Å². The molecule has 0 N–H and O–H groups in total. The molecule has 0 bridgehead atoms. The molecule has 0 radical (unpaired) electrons. The van der Waals surface area contributed by atoms with Gasteiger partial charge in [-0.3, -0.25) is 10.1 Å². The predicted molar refractivity (Wildman–Crippen MR) is 61.4 cm³/mol. The van der Waals surface area contributed by atoms with Crippen LogP contribution in [0.25, 0.3) is 10.4 Å². The van der Waals surface area contributed by atoms with Gasteiger partial charge in [-0.2, -0.15) is 0 Å². The summed E-state index contributed by atoms with van der Waals surface area (Å²) in [7, 11) is 0. The Bertz CT molecular complexity index is 463. The van der Waals surface area contributed by atoms with Gasteiger partial charge in [-0.05, 0) is 11.4 Å². The summed E-state index contributed by atoms with van der Waals surface area (Å²) in [5.74, 6) is -0.210. The van der Waals surface area contributed by atoms with Gasteiger partial charge in [0.2, 0.25) is 0 Å². The number of furan rings is 1. The molecule has 0 saturated heterocycles. The maximum Gasteiger partial charge on any atom is 0.434 e. The van der Waals surface area contributed by atoms with Crippen molar-refractivity contribution in [1.82, 2.24) is 0 Å². The molecule has 6 heteroatoms. The van der Waals surface area contributed by atoms with Crippen molar-refractivity contribution in [3.05, 3.63) is 37.5 Å². The predicted octanol–water partition coefficient (Wildman–Crippen LogP) is 3.52. The fourth-order valence-electron chi connectivity index (χ4n) is 1.05. The van der Waals surface area contributed by atoms with Crippen molar-refractivity contribution in [3.8, 4) is 10.4 Å². The Morgan fingerprint density at radius 1 is 1.57 bits per heavy atom. The number of halogens is 1. The molecule has 2 heterocycles. The summed E-state index contributed by atoms with van der Waals surface area (Å²) in [5.41, 5.74) is 0.785. The van der Waals surface area contributed by atoms with Crippen LogP contribution in [-0.2, 0) is 0 Å². The van der Waals surface area contributed by atoms with Gasteiger partial charge in [0.15, 0.2) is 3.77 Å². The highest BCUT2D eigenvalue weighted by atomic mass is 127. The van der Waals surface area contributed by atoms with E-state index >= 15 is 0 Å². The maximum atomic E-state index is 10.4. The molecule has 14 heavy (non-hydrogen) atoms. The number of hydrogen-bond donors (Lipinski definition) is 0. The number of thiophene rings is 1. The summed E-state index contributed by atoms with van der Waals surface area (Å²) >= 11 is 3.48. The summed E-state index contributed by atoms with van der Waals surface area (Å²) in [4.78, 5) is 10.9. The van der Waals surface area contributed by atoms with Crippen LogP contribution in [0.5, 0.6) is 0 Å². The highest BCUT2D eigenvalue weighted by molar-refractivity contribution is 14.1. The van der Waals surface area contributed by atoms with Crippen molar-refractivity contribution in [2.24, 2.45) is 0 Å². The molecule has 0 amide bonds. The summed E-state index contributed by atoms with van der Waals surface area (Å²) in [6, 6.07) is 5.25. The molecule has 2 aromatic heterocycles. The SMILES string of the molecule is O=[N+]([O-])c1cc(-c2cccs2)c(I)o1. The van der Waals surface area contributed by atoms with Crippen LogP contribution in [0.3, 0.4) is 0 Å². The van der Waals surface area contributed by atoms with E-state index < -0.39 is 4.92 Å². The van der Waals surface area contributed by atoms with Crippen LogP contribution in [-0.4, -0.2) is 4.92 Å². The highest BCUT2D eigenvalue weighted by Crippen LogP contribution is 2.34. The standard InChI is InChI=1S/C8H4INO3S/c9-8-5(6-2-1-3-14-6)4-7(13-8)10(11)12/h1-4H. The lowest BCUT2D eigenvalue weighted by molar-refractivity contribution is -0.402. The average Bonchev–Trinajstić information content (AvgIpc) is 2.71. The van der Waals surface area contributed by atoms with E-state index in [1.165, 1.54) is 17.4 Å². The van der Waals surface area contributed by atoms with E-state index in [2.05, 4.69) is 0 Å². The normalized spacial score (nSPS) is 10.4. The minimum atomic E-state index is -0.529. The van der Waals surface area contributed by atoms with Gasteiger partial charge in [0, 0.05) is 27.5 Å². The van der Waals surface area contributed by atoms with Crippen molar-refractivity contribution in [2.75, 3.05) is 0 Å². The molecule has 0 aliphatic heterocycles. The van der Waals surface area contributed by atoms with E-state index in [0.29, 0.717) is 3.77 Å². The summed E-state index contributed by atoms with van der Waals surface area (Å²) in [6.45, 7) is 0. The van der Waals surface area contributed by atoms with Crippen LogP contribution >= 0.6 is 33.9 Å². The average molecular weight is 321 g/mol. The van der Waals surface area contributed by atoms with Crippen LogP contribution in [0.4, 0.5) is 5.88 Å². The van der Waals surface area contributed by atoms with Crippen molar-refractivity contribution >= 4 is 39.8 Å². The van der Waals surface area contributed by atoms with Crippen LogP contribution in [0.15, 0.2) is 28.0 Å². The Morgan fingerprint density at radius 3 is 2.86 bits per heavy atom. The van der Waals surface area contributed by atoms with Crippen molar-refractivity contribution in [1.29, 1.82) is 0 Å². The zero-order chi connectivity index (χ0) is 10.1. The Balaban J connectivity index is 2.50. The van der Waals surface area contributed by atoms with E-state index in [1.54, 1.807) is 0 Å². The maximum absolute atomic E-state index is 10.4. The molecule has 4 nitrogen and oxygen atoms in total. The van der Waals surface area contributed by atoms with E-state index in [9.17, 15) is 10.1 Å². The molecule has 2 rings (SSSR count). The summed E-state index contributed by atoms with van der Waals surface area (Å²) in [5, 5.41) is 12.4. The smallest absolute Gasteiger partial charge is 0.394 e. The van der Waals surface area contributed by atoms with Crippen LogP contribution in [0.2, 0.25) is 0 Å². The molecule has 0 spiro atoms. The minimum absolute atomic E-state index is 0.210. The third-order valence-electron chi connectivity index (χ3n) is 1.64. The summed E-state index contributed by atoms with van der Waals surface area (Å²) < 4.78 is 5.55. The Kier molecular flexibility index (Phi) is 2.55. The van der Waals surface area contributed by atoms with E-state index in [-0.39, 0.29) is 5.88 Å². The van der Waals surface area contributed by atoms with Crippen LogP contribution in [0.1, 0.15) is 0 Å². The van der Waals surface area contributed by atoms with Crippen molar-refractivity contribution < 1.29 is 9.34 Å². The van der Waals surface area contributed by atoms with Gasteiger partial charge in [0.1, 0.15) is 4.92 Å². The summed E-state index contributed by atoms with van der Waals surface area (Å²) in [6.07, 6.45) is 0. The molecule has 0 aromatic carbocycles. The number of rotatable bonds is 2. The molecular weight excluding hydrogens is 317 g/mol. The molecule has 2 aromatic rings. The monoisotopic (exact) mass is 321 g/mol. The lowest BCUT2D eigenvalue weighted by Crippen LogP contribution is -1.82. The van der Waals surface area contributed by atoms with Gasteiger partial charge in [0.25, 0.3) is 0 Å². The van der Waals surface area contributed by atoms with Gasteiger partial charge in [0.05, 0.1) is 11.6 Å². The fraction of sp³-hybridized carbons (Fsp3) is 0. The molecule has 72 valence electrons. The second-order valence-electron chi connectivity index (χ2n) is 2.51. The lowest BCUT2D eigenvalue weighted by Gasteiger charge is -1.87. The minimum Gasteiger partial charge on any atom is -0.394 e. The Hall–Kier alpha value is -0.890. The van der Waals surface area contributed by atoms with Crippen molar-refractivity contribution in [2.45, 2.75) is 0 Å². The van der Waals surface area contributed by atoms with Crippen LogP contribution in [0, 0.1) is 13.9 Å². The fourth-order valence-corrected chi connectivity index (χ4v) is 2.64. The first-order valence-electron chi connectivity index (χ1n) is 3.66. The first-order valence-corrected chi connectivity index (χ1v) is 5.62. The van der Waals surface area contributed by atoms with E-state index in [1.807, 2.05) is 40.1 Å². The van der Waals surface area contributed by atoms with Crippen molar-refractivity contribution in [3.63, 3.8) is 0 Å². The largest absolute Gasteiger partial charge is 0.434 e. The topological polar surface area (TPSA) is 56.3 Å². The molecule has 0 fully saturated rings. The molecule has 0 saturated carbocycles. The second-order valence-corrected chi connectivity index (χ2v) is 4.43. The zero-order valence-corrected chi connectivity index (χ0v) is 9.74. The number of nitrogens with zero attached hydrogens (tertiary/aromatic N) is 1. The number of hydrogen-bond acceptors (Lipinski definition) is 4. The van der Waals surface area contributed by atoms with Gasteiger partial charge >= 0.3 is 5.88 Å². The first-order chi connectivity index (χ1) is 6.68. The molecule has 0 aliphatic carbocycles. The van der Waals surface area contributed by atoms with Gasteiger partial charge in [-0.1, -0.05) is 6.07 Å². The lowest BCUT2D eigenvalue weighted by atomic mass is 10.3. The van der Waals surface area contributed by atoms with Crippen LogP contribution < -0.4 is 0 Å². The zero-order valence-electron chi connectivity index (χ0n) is 6.77. The molecular formula is C8H4INO3S. The van der Waals surface area contributed by atoms with Gasteiger partial charge < -0.3 is 4.42 Å². The third-order valence-corrected chi connectivity index (χ3v) is 3.34.